The molecule has 4 aromatic rings. The fourth-order valence-corrected chi connectivity index (χ4v) is 3.91. The van der Waals surface area contributed by atoms with Crippen molar-refractivity contribution >= 4 is 22.7 Å². The van der Waals surface area contributed by atoms with E-state index in [1.165, 1.54) is 6.07 Å². The summed E-state index contributed by atoms with van der Waals surface area (Å²) in [6.45, 7) is 1.45. The van der Waals surface area contributed by atoms with Crippen LogP contribution in [0.5, 0.6) is 11.5 Å². The van der Waals surface area contributed by atoms with Crippen molar-refractivity contribution in [3.05, 3.63) is 64.8 Å². The Morgan fingerprint density at radius 1 is 1.21 bits per heavy atom. The third kappa shape index (κ3) is 4.27. The average Bonchev–Trinajstić information content (AvgIpc) is 3.21. The number of hydrogen-bond acceptors (Lipinski definition) is 7. The Bertz CT molecular complexity index is 1380. The number of benzene rings is 1. The van der Waals surface area contributed by atoms with Gasteiger partial charge in [-0.05, 0) is 37.6 Å². The van der Waals surface area contributed by atoms with Crippen LogP contribution in [0.2, 0.25) is 0 Å². The number of aryl methyl sites for hydroxylation is 1. The molecule has 1 saturated heterocycles. The van der Waals surface area contributed by atoms with Gasteiger partial charge >= 0.3 is 0 Å². The van der Waals surface area contributed by atoms with Crippen molar-refractivity contribution in [3.63, 3.8) is 0 Å². The second-order valence-electron chi connectivity index (χ2n) is 7.86. The first-order valence-corrected chi connectivity index (χ1v) is 10.5. The van der Waals surface area contributed by atoms with Crippen LogP contribution in [-0.4, -0.2) is 37.4 Å². The number of halogens is 2. The van der Waals surface area contributed by atoms with Gasteiger partial charge in [-0.3, -0.25) is 14.0 Å². The molecule has 0 radical (unpaired) electrons. The largest absolute Gasteiger partial charge is 0.448 e. The molecule has 1 aliphatic rings. The second kappa shape index (κ2) is 8.58. The van der Waals surface area contributed by atoms with Gasteiger partial charge < -0.3 is 15.4 Å². The summed E-state index contributed by atoms with van der Waals surface area (Å²) in [5, 5.41) is 11.0. The van der Waals surface area contributed by atoms with E-state index in [-0.39, 0.29) is 17.5 Å². The smallest absolute Gasteiger partial charge is 0.295 e. The lowest BCUT2D eigenvalue weighted by Gasteiger charge is -2.26. The zero-order chi connectivity index (χ0) is 22.9. The van der Waals surface area contributed by atoms with E-state index in [4.69, 9.17) is 4.74 Å². The highest BCUT2D eigenvalue weighted by Gasteiger charge is 2.23. The molecule has 0 spiro atoms. The average molecular weight is 453 g/mol. The van der Waals surface area contributed by atoms with Crippen LogP contribution in [0.25, 0.3) is 11.0 Å². The molecule has 0 unspecified atom stereocenters. The molecule has 5 rings (SSSR count). The Morgan fingerprint density at radius 3 is 2.82 bits per heavy atom. The minimum atomic E-state index is -0.896. The maximum Gasteiger partial charge on any atom is 0.295 e. The minimum absolute atomic E-state index is 0.0878. The number of aromatic nitrogens is 5. The zero-order valence-corrected chi connectivity index (χ0v) is 17.8. The van der Waals surface area contributed by atoms with E-state index in [2.05, 4.69) is 25.7 Å². The van der Waals surface area contributed by atoms with Crippen LogP contribution in [0.15, 0.2) is 47.7 Å². The van der Waals surface area contributed by atoms with Crippen LogP contribution in [0.1, 0.15) is 18.9 Å². The fourth-order valence-electron chi connectivity index (χ4n) is 3.91. The van der Waals surface area contributed by atoms with Crippen molar-refractivity contribution < 1.29 is 13.5 Å². The van der Waals surface area contributed by atoms with E-state index in [1.54, 1.807) is 34.9 Å². The van der Waals surface area contributed by atoms with Crippen molar-refractivity contribution in [2.45, 2.75) is 18.9 Å². The van der Waals surface area contributed by atoms with Crippen LogP contribution >= 0.6 is 0 Å². The number of anilines is 2. The van der Waals surface area contributed by atoms with Crippen LogP contribution in [0, 0.1) is 11.6 Å². The lowest BCUT2D eigenvalue weighted by molar-refractivity contribution is 0.361. The Kier molecular flexibility index (Phi) is 5.47. The fraction of sp³-hybridized carbons (Fsp3) is 0.273. The van der Waals surface area contributed by atoms with Crippen LogP contribution < -0.4 is 20.9 Å². The molecule has 33 heavy (non-hydrogen) atoms. The standard InChI is InChI=1S/C22H21F2N7O2/c1-30-12-15(10-27-30)28-22-26-9-13-7-19(33-18-5-4-14(23)8-17(18)24)21(32)31(20(13)29-22)16-3-2-6-25-11-16/h4-5,7-10,12,16,25H,2-3,6,11H2,1H3,(H,26,28,29)/t16-/m1/s1. The molecule has 9 nitrogen and oxygen atoms in total. The van der Waals surface area contributed by atoms with Crippen molar-refractivity contribution in [3.8, 4) is 11.5 Å². The Morgan fingerprint density at radius 2 is 2.09 bits per heavy atom. The molecular formula is C22H21F2N7O2. The third-order valence-electron chi connectivity index (χ3n) is 5.45. The third-order valence-corrected chi connectivity index (χ3v) is 5.45. The molecular weight excluding hydrogens is 432 g/mol. The number of ether oxygens (including phenoxy) is 1. The van der Waals surface area contributed by atoms with Gasteiger partial charge in [0.1, 0.15) is 11.5 Å². The number of rotatable bonds is 5. The maximum absolute atomic E-state index is 14.2. The Hall–Kier alpha value is -3.86. The van der Waals surface area contributed by atoms with Crippen LogP contribution in [0.4, 0.5) is 20.4 Å². The zero-order valence-electron chi connectivity index (χ0n) is 17.8. The Labute approximate surface area is 187 Å². The number of nitrogens with one attached hydrogen (secondary N) is 2. The van der Waals surface area contributed by atoms with Crippen LogP contribution in [-0.2, 0) is 7.05 Å². The van der Waals surface area contributed by atoms with E-state index in [9.17, 15) is 13.6 Å². The van der Waals surface area contributed by atoms with E-state index in [1.807, 2.05) is 0 Å². The molecule has 3 aromatic heterocycles. The molecule has 170 valence electrons. The molecule has 2 N–H and O–H groups in total. The predicted octanol–water partition coefficient (Wildman–Crippen LogP) is 3.26. The second-order valence-corrected chi connectivity index (χ2v) is 7.86. The van der Waals surface area contributed by atoms with E-state index < -0.39 is 17.2 Å². The predicted molar refractivity (Wildman–Crippen MR) is 118 cm³/mol. The van der Waals surface area contributed by atoms with Gasteiger partial charge in [-0.15, -0.1) is 0 Å². The van der Waals surface area contributed by atoms with Gasteiger partial charge in [0.2, 0.25) is 5.95 Å². The SMILES string of the molecule is Cn1cc(Nc2ncc3cc(Oc4ccc(F)cc4F)c(=O)n([C@@H]4CCCNC4)c3n2)cn1. The monoisotopic (exact) mass is 453 g/mol. The lowest BCUT2D eigenvalue weighted by Crippen LogP contribution is -2.37. The summed E-state index contributed by atoms with van der Waals surface area (Å²) in [5.41, 5.74) is 0.685. The highest BCUT2D eigenvalue weighted by Crippen LogP contribution is 2.28. The molecule has 11 heteroatoms. The number of nitrogens with zero attached hydrogens (tertiary/aromatic N) is 5. The first kappa shape index (κ1) is 21.0. The minimum Gasteiger partial charge on any atom is -0.448 e. The van der Waals surface area contributed by atoms with Gasteiger partial charge in [0, 0.05) is 37.4 Å². The summed E-state index contributed by atoms with van der Waals surface area (Å²) in [4.78, 5) is 22.4. The lowest BCUT2D eigenvalue weighted by atomic mass is 10.1. The quantitative estimate of drug-likeness (QED) is 0.479. The number of piperidine rings is 1. The molecule has 1 atom stereocenters. The first-order valence-electron chi connectivity index (χ1n) is 10.5. The van der Waals surface area contributed by atoms with Crippen LogP contribution in [0.3, 0.4) is 0 Å². The van der Waals surface area contributed by atoms with Crippen molar-refractivity contribution in [1.29, 1.82) is 0 Å². The summed E-state index contributed by atoms with van der Waals surface area (Å²) in [6, 6.07) is 4.23. The van der Waals surface area contributed by atoms with Gasteiger partial charge in [0.05, 0.1) is 17.9 Å². The molecule has 0 bridgehead atoms. The summed E-state index contributed by atoms with van der Waals surface area (Å²) in [6.07, 6.45) is 6.65. The van der Waals surface area contributed by atoms with Crippen molar-refractivity contribution in [1.82, 2.24) is 29.6 Å². The van der Waals surface area contributed by atoms with Gasteiger partial charge in [-0.25, -0.2) is 13.8 Å². The molecule has 4 heterocycles. The number of hydrogen-bond donors (Lipinski definition) is 2. The van der Waals surface area contributed by atoms with Gasteiger partial charge in [-0.2, -0.15) is 10.1 Å². The summed E-state index contributed by atoms with van der Waals surface area (Å²) in [7, 11) is 1.80. The molecule has 0 saturated carbocycles. The number of pyridine rings is 1. The molecule has 0 aliphatic carbocycles. The molecule has 1 aromatic carbocycles. The van der Waals surface area contributed by atoms with Crippen molar-refractivity contribution in [2.75, 3.05) is 18.4 Å². The van der Waals surface area contributed by atoms with Gasteiger partial charge in [0.25, 0.3) is 5.56 Å². The summed E-state index contributed by atoms with van der Waals surface area (Å²) in [5.74, 6) is -1.64. The van der Waals surface area contributed by atoms with E-state index >= 15 is 0 Å². The molecule has 1 fully saturated rings. The highest BCUT2D eigenvalue weighted by molar-refractivity contribution is 5.77. The van der Waals surface area contributed by atoms with E-state index in [0.29, 0.717) is 35.3 Å². The summed E-state index contributed by atoms with van der Waals surface area (Å²) >= 11 is 0. The van der Waals surface area contributed by atoms with Gasteiger partial charge in [-0.1, -0.05) is 0 Å². The molecule has 0 amide bonds. The van der Waals surface area contributed by atoms with E-state index in [0.717, 1.165) is 31.5 Å². The molecule has 1 aliphatic heterocycles. The summed E-state index contributed by atoms with van der Waals surface area (Å²) < 4.78 is 36.2. The topological polar surface area (TPSA) is 98.9 Å². The normalized spacial score (nSPS) is 16.2. The Balaban J connectivity index is 1.61. The first-order chi connectivity index (χ1) is 16.0. The van der Waals surface area contributed by atoms with Crippen molar-refractivity contribution in [2.24, 2.45) is 7.05 Å². The van der Waals surface area contributed by atoms with Gasteiger partial charge in [0.15, 0.2) is 17.3 Å². The highest BCUT2D eigenvalue weighted by atomic mass is 19.1. The number of fused-ring (bicyclic) bond motifs is 1. The maximum atomic E-state index is 14.2.